The van der Waals surface area contributed by atoms with Crippen molar-refractivity contribution in [3.05, 3.63) is 65.3 Å². The van der Waals surface area contributed by atoms with Gasteiger partial charge in [-0.1, -0.05) is 29.8 Å². The fraction of sp³-hybridized carbons (Fsp3) is 0.0714. The van der Waals surface area contributed by atoms with Gasteiger partial charge in [-0.25, -0.2) is 0 Å². The van der Waals surface area contributed by atoms with Crippen LogP contribution in [0.4, 0.5) is 11.4 Å². The molecule has 2 nitrogen and oxygen atoms in total. The van der Waals surface area contributed by atoms with Crippen molar-refractivity contribution in [3.8, 4) is 0 Å². The van der Waals surface area contributed by atoms with Gasteiger partial charge in [0, 0.05) is 5.02 Å². The molecule has 0 saturated carbocycles. The van der Waals surface area contributed by atoms with E-state index >= 15 is 0 Å². The van der Waals surface area contributed by atoms with Gasteiger partial charge in [0.2, 0.25) is 0 Å². The first-order valence-electron chi connectivity index (χ1n) is 5.53. The normalized spacial score (nSPS) is 12.8. The van der Waals surface area contributed by atoms with Crippen molar-refractivity contribution in [3.63, 3.8) is 0 Å². The van der Waals surface area contributed by atoms with E-state index in [0.717, 1.165) is 22.8 Å². The number of nitrogens with one attached hydrogen (secondary N) is 2. The first-order valence-corrected chi connectivity index (χ1v) is 5.91. The molecule has 1 heterocycles. The molecule has 0 spiro atoms. The van der Waals surface area contributed by atoms with E-state index in [2.05, 4.69) is 41.0 Å². The topological polar surface area (TPSA) is 24.1 Å². The van der Waals surface area contributed by atoms with E-state index in [-0.39, 0.29) is 0 Å². The number of rotatable bonds is 2. The molecule has 0 unspecified atom stereocenters. The fourth-order valence-electron chi connectivity index (χ4n) is 1.98. The molecule has 1 radical (unpaired) electrons. The van der Waals surface area contributed by atoms with Crippen molar-refractivity contribution < 1.29 is 0 Å². The van der Waals surface area contributed by atoms with Crippen LogP contribution < -0.4 is 10.6 Å². The summed E-state index contributed by atoms with van der Waals surface area (Å²) in [6.07, 6.45) is 0.923. The molecule has 3 rings (SSSR count). The van der Waals surface area contributed by atoms with Gasteiger partial charge < -0.3 is 10.6 Å². The highest BCUT2D eigenvalue weighted by molar-refractivity contribution is 6.30. The van der Waals surface area contributed by atoms with E-state index in [0.29, 0.717) is 0 Å². The summed E-state index contributed by atoms with van der Waals surface area (Å²) < 4.78 is 0. The highest BCUT2D eigenvalue weighted by Gasteiger charge is 2.09. The predicted molar refractivity (Wildman–Crippen MR) is 72.2 cm³/mol. The molecule has 2 aromatic carbocycles. The molecule has 1 aliphatic heterocycles. The molecule has 0 fully saturated rings. The molecule has 0 bridgehead atoms. The molecule has 3 heteroatoms. The Hall–Kier alpha value is -1.67. The van der Waals surface area contributed by atoms with Gasteiger partial charge in [0.25, 0.3) is 0 Å². The fourth-order valence-corrected chi connectivity index (χ4v) is 2.10. The van der Waals surface area contributed by atoms with E-state index in [9.17, 15) is 0 Å². The minimum atomic E-state index is 0.781. The van der Waals surface area contributed by atoms with Crippen molar-refractivity contribution in [1.82, 2.24) is 0 Å². The third-order valence-electron chi connectivity index (χ3n) is 2.86. The molecule has 0 aromatic heterocycles. The van der Waals surface area contributed by atoms with Gasteiger partial charge in [0.1, 0.15) is 6.67 Å². The van der Waals surface area contributed by atoms with Crippen molar-refractivity contribution in [2.24, 2.45) is 0 Å². The van der Waals surface area contributed by atoms with Gasteiger partial charge in [-0.05, 0) is 41.8 Å². The molecule has 2 N–H and O–H groups in total. The third-order valence-corrected chi connectivity index (χ3v) is 3.11. The maximum atomic E-state index is 5.87. The number of benzene rings is 2. The monoisotopic (exact) mass is 243 g/mol. The zero-order valence-corrected chi connectivity index (χ0v) is 9.96. The quantitative estimate of drug-likeness (QED) is 0.836. The van der Waals surface area contributed by atoms with E-state index in [4.69, 9.17) is 11.6 Å². The largest absolute Gasteiger partial charge is 0.360 e. The Balaban J connectivity index is 1.83. The van der Waals surface area contributed by atoms with E-state index < -0.39 is 0 Å². The van der Waals surface area contributed by atoms with Gasteiger partial charge in [-0.2, -0.15) is 0 Å². The Labute approximate surface area is 106 Å². The van der Waals surface area contributed by atoms with Gasteiger partial charge in [0.05, 0.1) is 11.4 Å². The lowest BCUT2D eigenvalue weighted by molar-refractivity contribution is 1.20. The van der Waals surface area contributed by atoms with Crippen LogP contribution in [0.3, 0.4) is 0 Å². The minimum Gasteiger partial charge on any atom is -0.360 e. The Morgan fingerprint density at radius 3 is 2.35 bits per heavy atom. The Morgan fingerprint density at radius 1 is 0.824 bits per heavy atom. The van der Waals surface area contributed by atoms with Gasteiger partial charge in [-0.3, -0.25) is 0 Å². The van der Waals surface area contributed by atoms with Crippen LogP contribution in [0.2, 0.25) is 5.02 Å². The van der Waals surface area contributed by atoms with Crippen LogP contribution in [0.5, 0.6) is 0 Å². The number of hydrogen-bond donors (Lipinski definition) is 2. The summed E-state index contributed by atoms with van der Waals surface area (Å²) in [6.45, 7) is 1.84. The van der Waals surface area contributed by atoms with Crippen molar-refractivity contribution in [2.75, 3.05) is 10.6 Å². The predicted octanol–water partition coefficient (Wildman–Crippen LogP) is 3.89. The number of hydrogen-bond acceptors (Lipinski definition) is 2. The first kappa shape index (κ1) is 10.5. The Morgan fingerprint density at radius 2 is 1.53 bits per heavy atom. The van der Waals surface area contributed by atoms with E-state index in [1.54, 1.807) is 0 Å². The number of anilines is 2. The first-order chi connectivity index (χ1) is 8.31. The lowest BCUT2D eigenvalue weighted by Crippen LogP contribution is -1.90. The van der Waals surface area contributed by atoms with Crippen LogP contribution in [0.15, 0.2) is 42.5 Å². The lowest BCUT2D eigenvalue weighted by atomic mass is 10.0. The van der Waals surface area contributed by atoms with Crippen LogP contribution in [-0.2, 0) is 6.42 Å². The molecule has 0 aliphatic carbocycles. The Kier molecular flexibility index (Phi) is 2.65. The zero-order chi connectivity index (χ0) is 11.7. The summed E-state index contributed by atoms with van der Waals surface area (Å²) in [5, 5.41) is 7.10. The summed E-state index contributed by atoms with van der Waals surface area (Å²) in [4.78, 5) is 0. The molecule has 85 valence electrons. The van der Waals surface area contributed by atoms with Crippen molar-refractivity contribution in [2.45, 2.75) is 6.42 Å². The van der Waals surface area contributed by atoms with Crippen LogP contribution in [0, 0.1) is 6.67 Å². The molecule has 1 aliphatic rings. The summed E-state index contributed by atoms with van der Waals surface area (Å²) in [5.41, 5.74) is 4.82. The zero-order valence-electron chi connectivity index (χ0n) is 9.20. The second-order valence-corrected chi connectivity index (χ2v) is 4.55. The van der Waals surface area contributed by atoms with Crippen molar-refractivity contribution >= 4 is 23.0 Å². The average molecular weight is 244 g/mol. The molecule has 0 atom stereocenters. The van der Waals surface area contributed by atoms with Crippen LogP contribution in [0.1, 0.15) is 11.1 Å². The maximum absolute atomic E-state index is 5.87. The molecular formula is C14H12ClN2. The number of fused-ring (bicyclic) bond motifs is 1. The smallest absolute Gasteiger partial charge is 0.136 e. The number of halogens is 1. The lowest BCUT2D eigenvalue weighted by Gasteiger charge is -2.05. The molecule has 2 aromatic rings. The summed E-state index contributed by atoms with van der Waals surface area (Å²) in [5.74, 6) is 0. The second kappa shape index (κ2) is 4.30. The molecular weight excluding hydrogens is 232 g/mol. The van der Waals surface area contributed by atoms with Crippen LogP contribution in [-0.4, -0.2) is 0 Å². The molecule has 0 saturated heterocycles. The highest BCUT2D eigenvalue weighted by Crippen LogP contribution is 2.29. The maximum Gasteiger partial charge on any atom is 0.136 e. The SMILES string of the molecule is Clc1ccc(Cc2ccc3c(c2)N[CH]N3)cc1. The van der Waals surface area contributed by atoms with Crippen LogP contribution in [0.25, 0.3) is 0 Å². The van der Waals surface area contributed by atoms with E-state index in [1.807, 2.05) is 18.8 Å². The third kappa shape index (κ3) is 2.22. The van der Waals surface area contributed by atoms with Crippen molar-refractivity contribution in [1.29, 1.82) is 0 Å². The summed E-state index contributed by atoms with van der Waals surface area (Å²) >= 11 is 5.87. The van der Waals surface area contributed by atoms with Gasteiger partial charge in [0.15, 0.2) is 0 Å². The minimum absolute atomic E-state index is 0.781. The van der Waals surface area contributed by atoms with E-state index in [1.165, 1.54) is 11.1 Å². The summed E-state index contributed by atoms with van der Waals surface area (Å²) in [7, 11) is 0. The highest BCUT2D eigenvalue weighted by atomic mass is 35.5. The standard InChI is InChI=1S/C14H12ClN2/c15-12-4-1-10(2-5-12)7-11-3-6-13-14(8-11)17-9-16-13/h1-6,8-9,16-17H,7H2. The van der Waals surface area contributed by atoms with Gasteiger partial charge in [-0.15, -0.1) is 0 Å². The van der Waals surface area contributed by atoms with Crippen LogP contribution >= 0.6 is 11.6 Å². The molecule has 0 amide bonds. The second-order valence-electron chi connectivity index (χ2n) is 4.12. The molecule has 17 heavy (non-hydrogen) atoms. The summed E-state index contributed by atoms with van der Waals surface area (Å²) in [6, 6.07) is 14.4. The van der Waals surface area contributed by atoms with Gasteiger partial charge >= 0.3 is 0 Å². The average Bonchev–Trinajstić information content (AvgIpc) is 2.79. The Bertz CT molecular complexity index is 534.